The zero-order chi connectivity index (χ0) is 11.4. The van der Waals surface area contributed by atoms with Gasteiger partial charge in [-0.25, -0.2) is 9.37 Å². The average molecular weight is 212 g/mol. The molecule has 0 aliphatic carbocycles. The van der Waals surface area contributed by atoms with Crippen LogP contribution in [-0.4, -0.2) is 28.0 Å². The standard InChI is InChI=1S/C9H9FN2O3/c1-5(9(14)15)12-8(13)7-3-2-6(10)4-11-7/h2-5H,1H3,(H,12,13)(H,14,15)/t5-/m0/s1. The lowest BCUT2D eigenvalue weighted by atomic mass is 10.3. The second kappa shape index (κ2) is 4.50. The number of nitrogens with zero attached hydrogens (tertiary/aromatic N) is 1. The molecule has 0 aliphatic rings. The first-order chi connectivity index (χ1) is 7.00. The number of carbonyl (C=O) groups excluding carboxylic acids is 1. The molecule has 1 aromatic rings. The van der Waals surface area contributed by atoms with E-state index in [2.05, 4.69) is 10.3 Å². The monoisotopic (exact) mass is 212 g/mol. The van der Waals surface area contributed by atoms with Crippen LogP contribution in [0.2, 0.25) is 0 Å². The van der Waals surface area contributed by atoms with Crippen molar-refractivity contribution < 1.29 is 19.1 Å². The van der Waals surface area contributed by atoms with Crippen molar-refractivity contribution in [2.45, 2.75) is 13.0 Å². The Balaban J connectivity index is 2.69. The molecule has 0 spiro atoms. The normalized spacial score (nSPS) is 11.9. The van der Waals surface area contributed by atoms with Gasteiger partial charge in [0, 0.05) is 0 Å². The van der Waals surface area contributed by atoms with Crippen LogP contribution in [0, 0.1) is 5.82 Å². The number of aromatic nitrogens is 1. The molecule has 0 aliphatic heterocycles. The van der Waals surface area contributed by atoms with Crippen molar-refractivity contribution in [1.29, 1.82) is 0 Å². The molecule has 2 N–H and O–H groups in total. The zero-order valence-electron chi connectivity index (χ0n) is 7.90. The molecule has 6 heteroatoms. The molecule has 0 radical (unpaired) electrons. The largest absolute Gasteiger partial charge is 0.480 e. The molecule has 1 atom stereocenters. The van der Waals surface area contributed by atoms with E-state index in [0.717, 1.165) is 12.3 Å². The van der Waals surface area contributed by atoms with E-state index in [1.165, 1.54) is 13.0 Å². The Kier molecular flexibility index (Phi) is 3.33. The van der Waals surface area contributed by atoms with Crippen LogP contribution in [0.4, 0.5) is 4.39 Å². The van der Waals surface area contributed by atoms with Gasteiger partial charge in [0.05, 0.1) is 6.20 Å². The van der Waals surface area contributed by atoms with E-state index in [1.807, 2.05) is 0 Å². The van der Waals surface area contributed by atoms with Crippen molar-refractivity contribution in [3.8, 4) is 0 Å². The summed E-state index contributed by atoms with van der Waals surface area (Å²) in [6, 6.07) is 1.25. The Labute approximate surface area is 84.9 Å². The summed E-state index contributed by atoms with van der Waals surface area (Å²) in [5, 5.41) is 10.7. The minimum atomic E-state index is -1.15. The van der Waals surface area contributed by atoms with Gasteiger partial charge >= 0.3 is 5.97 Å². The number of rotatable bonds is 3. The van der Waals surface area contributed by atoms with Crippen LogP contribution in [0.15, 0.2) is 18.3 Å². The lowest BCUT2D eigenvalue weighted by Gasteiger charge is -2.08. The number of carboxylic acid groups (broad SMARTS) is 1. The Morgan fingerprint density at radius 2 is 2.20 bits per heavy atom. The fourth-order valence-electron chi connectivity index (χ4n) is 0.842. The van der Waals surface area contributed by atoms with Gasteiger partial charge < -0.3 is 10.4 Å². The highest BCUT2D eigenvalue weighted by atomic mass is 19.1. The van der Waals surface area contributed by atoms with Gasteiger partial charge in [-0.15, -0.1) is 0 Å². The number of hydrogen-bond donors (Lipinski definition) is 2. The highest BCUT2D eigenvalue weighted by Crippen LogP contribution is 1.98. The van der Waals surface area contributed by atoms with E-state index in [0.29, 0.717) is 0 Å². The maximum atomic E-state index is 12.5. The number of amides is 1. The zero-order valence-corrected chi connectivity index (χ0v) is 7.90. The first kappa shape index (κ1) is 11.1. The van der Waals surface area contributed by atoms with E-state index in [1.54, 1.807) is 0 Å². The molecule has 1 rings (SSSR count). The van der Waals surface area contributed by atoms with Gasteiger partial charge in [0.15, 0.2) is 0 Å². The molecule has 0 saturated carbocycles. The topological polar surface area (TPSA) is 79.3 Å². The van der Waals surface area contributed by atoms with Gasteiger partial charge in [-0.1, -0.05) is 0 Å². The molecule has 15 heavy (non-hydrogen) atoms. The van der Waals surface area contributed by atoms with Crippen molar-refractivity contribution in [1.82, 2.24) is 10.3 Å². The SMILES string of the molecule is C[C@H](NC(=O)c1ccc(F)cn1)C(=O)O. The second-order valence-electron chi connectivity index (χ2n) is 2.90. The summed E-state index contributed by atoms with van der Waals surface area (Å²) < 4.78 is 12.5. The number of aliphatic carboxylic acids is 1. The van der Waals surface area contributed by atoms with Gasteiger partial charge in [0.25, 0.3) is 5.91 Å². The molecule has 0 bridgehead atoms. The quantitative estimate of drug-likeness (QED) is 0.761. The number of hydrogen-bond acceptors (Lipinski definition) is 3. The first-order valence-corrected chi connectivity index (χ1v) is 4.16. The Bertz CT molecular complexity index is 377. The van der Waals surface area contributed by atoms with Gasteiger partial charge in [-0.05, 0) is 19.1 Å². The summed E-state index contributed by atoms with van der Waals surface area (Å²) in [5.41, 5.74) is -0.0236. The smallest absolute Gasteiger partial charge is 0.325 e. The van der Waals surface area contributed by atoms with Crippen LogP contribution in [0.1, 0.15) is 17.4 Å². The maximum absolute atomic E-state index is 12.5. The molecule has 1 aromatic heterocycles. The molecular weight excluding hydrogens is 203 g/mol. The number of carboxylic acids is 1. The number of nitrogens with one attached hydrogen (secondary N) is 1. The van der Waals surface area contributed by atoms with Crippen molar-refractivity contribution in [3.05, 3.63) is 29.8 Å². The fraction of sp³-hybridized carbons (Fsp3) is 0.222. The van der Waals surface area contributed by atoms with Crippen LogP contribution in [0.3, 0.4) is 0 Å². The molecule has 5 nitrogen and oxygen atoms in total. The fourth-order valence-corrected chi connectivity index (χ4v) is 0.842. The van der Waals surface area contributed by atoms with Crippen molar-refractivity contribution in [3.63, 3.8) is 0 Å². The molecule has 0 saturated heterocycles. The maximum Gasteiger partial charge on any atom is 0.325 e. The van der Waals surface area contributed by atoms with Crippen LogP contribution in [0.5, 0.6) is 0 Å². The number of halogens is 1. The van der Waals surface area contributed by atoms with Crippen LogP contribution >= 0.6 is 0 Å². The molecule has 0 unspecified atom stereocenters. The minimum absolute atomic E-state index is 0.0236. The van der Waals surface area contributed by atoms with Gasteiger partial charge in [0.1, 0.15) is 17.6 Å². The Hall–Kier alpha value is -1.98. The third-order valence-corrected chi connectivity index (χ3v) is 1.68. The van der Waals surface area contributed by atoms with Crippen molar-refractivity contribution in [2.24, 2.45) is 0 Å². The summed E-state index contributed by atoms with van der Waals surface area (Å²) in [7, 11) is 0. The molecule has 0 aromatic carbocycles. The van der Waals surface area contributed by atoms with E-state index in [-0.39, 0.29) is 5.69 Å². The summed E-state index contributed by atoms with van der Waals surface area (Å²) in [5.74, 6) is -2.35. The first-order valence-electron chi connectivity index (χ1n) is 4.16. The van der Waals surface area contributed by atoms with Crippen LogP contribution in [0.25, 0.3) is 0 Å². The van der Waals surface area contributed by atoms with Crippen molar-refractivity contribution in [2.75, 3.05) is 0 Å². The minimum Gasteiger partial charge on any atom is -0.480 e. The van der Waals surface area contributed by atoms with E-state index >= 15 is 0 Å². The molecule has 80 valence electrons. The summed E-state index contributed by atoms with van der Waals surface area (Å²) in [6.07, 6.45) is 0.889. The Morgan fingerprint density at radius 3 is 2.67 bits per heavy atom. The van der Waals surface area contributed by atoms with Crippen LogP contribution < -0.4 is 5.32 Å². The summed E-state index contributed by atoms with van der Waals surface area (Å²) >= 11 is 0. The third-order valence-electron chi connectivity index (χ3n) is 1.68. The van der Waals surface area contributed by atoms with E-state index in [9.17, 15) is 14.0 Å². The van der Waals surface area contributed by atoms with E-state index in [4.69, 9.17) is 5.11 Å². The highest BCUT2D eigenvalue weighted by molar-refractivity contribution is 5.94. The second-order valence-corrected chi connectivity index (χ2v) is 2.90. The lowest BCUT2D eigenvalue weighted by molar-refractivity contribution is -0.138. The van der Waals surface area contributed by atoms with Gasteiger partial charge in [0.2, 0.25) is 0 Å². The van der Waals surface area contributed by atoms with Crippen LogP contribution in [-0.2, 0) is 4.79 Å². The third kappa shape index (κ3) is 3.01. The molecule has 1 heterocycles. The molecular formula is C9H9FN2O3. The summed E-state index contributed by atoms with van der Waals surface area (Å²) in [4.78, 5) is 25.2. The van der Waals surface area contributed by atoms with E-state index < -0.39 is 23.7 Å². The number of carbonyl (C=O) groups is 2. The highest BCUT2D eigenvalue weighted by Gasteiger charge is 2.15. The lowest BCUT2D eigenvalue weighted by Crippen LogP contribution is -2.38. The Morgan fingerprint density at radius 1 is 1.53 bits per heavy atom. The predicted octanol–water partition coefficient (Wildman–Crippen LogP) is 0.424. The van der Waals surface area contributed by atoms with Gasteiger partial charge in [-0.3, -0.25) is 9.59 Å². The molecule has 0 fully saturated rings. The predicted molar refractivity (Wildman–Crippen MR) is 48.8 cm³/mol. The number of pyridine rings is 1. The van der Waals surface area contributed by atoms with Crippen molar-refractivity contribution >= 4 is 11.9 Å². The summed E-state index contributed by atoms with van der Waals surface area (Å²) in [6.45, 7) is 1.32. The average Bonchev–Trinajstić information content (AvgIpc) is 2.18. The molecule has 1 amide bonds. The van der Waals surface area contributed by atoms with Gasteiger partial charge in [-0.2, -0.15) is 0 Å².